The first-order chi connectivity index (χ1) is 8.08. The van der Waals surface area contributed by atoms with Gasteiger partial charge in [-0.05, 0) is 38.4 Å². The Morgan fingerprint density at radius 3 is 2.59 bits per heavy atom. The Hall–Kier alpha value is -0.610. The van der Waals surface area contributed by atoms with Crippen molar-refractivity contribution in [2.45, 2.75) is 39.7 Å². The van der Waals surface area contributed by atoms with Crippen LogP contribution in [0.15, 0.2) is 0 Å². The van der Waals surface area contributed by atoms with Crippen molar-refractivity contribution in [3.05, 3.63) is 0 Å². The van der Waals surface area contributed by atoms with Crippen LogP contribution in [0, 0.1) is 5.92 Å². The highest BCUT2D eigenvalue weighted by atomic mass is 16.4. The third-order valence-corrected chi connectivity index (χ3v) is 3.86. The molecular formula is C13H26N2O2. The van der Waals surface area contributed by atoms with Gasteiger partial charge in [-0.3, -0.25) is 9.69 Å². The zero-order valence-corrected chi connectivity index (χ0v) is 11.4. The fourth-order valence-electron chi connectivity index (χ4n) is 2.52. The molecule has 0 spiro atoms. The lowest BCUT2D eigenvalue weighted by atomic mass is 9.92. The van der Waals surface area contributed by atoms with Gasteiger partial charge in [0.05, 0.1) is 0 Å². The van der Waals surface area contributed by atoms with Crippen molar-refractivity contribution in [3.63, 3.8) is 0 Å². The summed E-state index contributed by atoms with van der Waals surface area (Å²) in [4.78, 5) is 15.7. The van der Waals surface area contributed by atoms with Gasteiger partial charge >= 0.3 is 5.97 Å². The van der Waals surface area contributed by atoms with Crippen LogP contribution in [0.4, 0.5) is 0 Å². The molecule has 100 valence electrons. The van der Waals surface area contributed by atoms with E-state index in [0.717, 1.165) is 45.6 Å². The summed E-state index contributed by atoms with van der Waals surface area (Å²) in [7, 11) is 0. The number of hydrogen-bond donors (Lipinski definition) is 1. The molecule has 1 rings (SSSR count). The van der Waals surface area contributed by atoms with E-state index in [4.69, 9.17) is 0 Å². The number of likely N-dealkylation sites (N-methyl/N-ethyl adjacent to an activating group) is 1. The lowest BCUT2D eigenvalue weighted by molar-refractivity contribution is -0.145. The summed E-state index contributed by atoms with van der Waals surface area (Å²) in [5.41, 5.74) is 0. The van der Waals surface area contributed by atoms with Gasteiger partial charge in [0.25, 0.3) is 0 Å². The second kappa shape index (κ2) is 6.97. The van der Waals surface area contributed by atoms with Crippen LogP contribution in [0.25, 0.3) is 0 Å². The normalized spacial score (nSPS) is 26.4. The van der Waals surface area contributed by atoms with Crippen LogP contribution < -0.4 is 0 Å². The van der Waals surface area contributed by atoms with E-state index in [1.54, 1.807) is 0 Å². The number of carbonyl (C=O) groups is 1. The smallest absolute Gasteiger partial charge is 0.320 e. The summed E-state index contributed by atoms with van der Waals surface area (Å²) in [6.07, 6.45) is 1.93. The zero-order chi connectivity index (χ0) is 12.8. The van der Waals surface area contributed by atoms with Crippen LogP contribution in [0.3, 0.4) is 0 Å². The quantitative estimate of drug-likeness (QED) is 0.767. The first-order valence-corrected chi connectivity index (χ1v) is 6.77. The summed E-state index contributed by atoms with van der Waals surface area (Å²) in [5, 5.41) is 9.25. The van der Waals surface area contributed by atoms with Crippen LogP contribution in [-0.4, -0.2) is 59.6 Å². The number of nitrogens with zero attached hydrogens (tertiary/aromatic N) is 2. The molecular weight excluding hydrogens is 216 g/mol. The minimum Gasteiger partial charge on any atom is -0.480 e. The van der Waals surface area contributed by atoms with Gasteiger partial charge in [-0.2, -0.15) is 0 Å². The second-order valence-corrected chi connectivity index (χ2v) is 5.05. The Bertz CT molecular complexity index is 242. The van der Waals surface area contributed by atoms with Gasteiger partial charge in [-0.15, -0.1) is 0 Å². The molecule has 0 aromatic heterocycles. The van der Waals surface area contributed by atoms with Crippen molar-refractivity contribution in [2.24, 2.45) is 5.92 Å². The average molecular weight is 242 g/mol. The Morgan fingerprint density at radius 1 is 1.41 bits per heavy atom. The van der Waals surface area contributed by atoms with E-state index < -0.39 is 5.97 Å². The molecule has 2 unspecified atom stereocenters. The van der Waals surface area contributed by atoms with Gasteiger partial charge in [0.1, 0.15) is 6.04 Å². The third kappa shape index (κ3) is 4.28. The van der Waals surface area contributed by atoms with Crippen molar-refractivity contribution in [3.8, 4) is 0 Å². The maximum atomic E-state index is 11.2. The highest BCUT2D eigenvalue weighted by molar-refractivity contribution is 5.73. The molecule has 1 aliphatic rings. The Balaban J connectivity index is 2.47. The summed E-state index contributed by atoms with van der Waals surface area (Å²) in [5.74, 6) is -0.114. The molecule has 0 radical (unpaired) electrons. The van der Waals surface area contributed by atoms with Crippen LogP contribution in [0.2, 0.25) is 0 Å². The lowest BCUT2D eigenvalue weighted by Gasteiger charge is -2.37. The van der Waals surface area contributed by atoms with Crippen LogP contribution >= 0.6 is 0 Å². The number of carboxylic acid groups (broad SMARTS) is 1. The molecule has 1 N–H and O–H groups in total. The maximum Gasteiger partial charge on any atom is 0.320 e. The number of rotatable bonds is 6. The van der Waals surface area contributed by atoms with Crippen molar-refractivity contribution in [2.75, 3.05) is 32.7 Å². The predicted octanol–water partition coefficient (Wildman–Crippen LogP) is 1.51. The first kappa shape index (κ1) is 14.5. The van der Waals surface area contributed by atoms with Crippen LogP contribution in [0.5, 0.6) is 0 Å². The van der Waals surface area contributed by atoms with Crippen LogP contribution in [-0.2, 0) is 4.79 Å². The van der Waals surface area contributed by atoms with E-state index in [0.29, 0.717) is 5.92 Å². The summed E-state index contributed by atoms with van der Waals surface area (Å²) >= 11 is 0. The van der Waals surface area contributed by atoms with E-state index in [-0.39, 0.29) is 6.04 Å². The van der Waals surface area contributed by atoms with Crippen molar-refractivity contribution in [1.82, 2.24) is 9.80 Å². The lowest BCUT2D eigenvalue weighted by Crippen LogP contribution is -2.49. The monoisotopic (exact) mass is 242 g/mol. The van der Waals surface area contributed by atoms with E-state index in [2.05, 4.69) is 30.6 Å². The summed E-state index contributed by atoms with van der Waals surface area (Å²) in [6.45, 7) is 11.3. The van der Waals surface area contributed by atoms with Gasteiger partial charge < -0.3 is 10.0 Å². The zero-order valence-electron chi connectivity index (χ0n) is 11.4. The molecule has 0 bridgehead atoms. The van der Waals surface area contributed by atoms with Crippen molar-refractivity contribution < 1.29 is 9.90 Å². The number of hydrogen-bond acceptors (Lipinski definition) is 3. The molecule has 1 fully saturated rings. The molecule has 2 atom stereocenters. The highest BCUT2D eigenvalue weighted by Crippen LogP contribution is 2.22. The van der Waals surface area contributed by atoms with Gasteiger partial charge in [0, 0.05) is 13.1 Å². The predicted molar refractivity (Wildman–Crippen MR) is 69.2 cm³/mol. The van der Waals surface area contributed by atoms with Gasteiger partial charge in [-0.25, -0.2) is 0 Å². The van der Waals surface area contributed by atoms with E-state index in [1.165, 1.54) is 0 Å². The molecule has 1 heterocycles. The molecule has 0 aromatic carbocycles. The first-order valence-electron chi connectivity index (χ1n) is 6.77. The molecule has 0 amide bonds. The number of likely N-dealkylation sites (tertiary alicyclic amines) is 1. The third-order valence-electron chi connectivity index (χ3n) is 3.86. The van der Waals surface area contributed by atoms with E-state index in [1.807, 2.05) is 0 Å². The molecule has 4 heteroatoms. The van der Waals surface area contributed by atoms with E-state index in [9.17, 15) is 9.90 Å². The maximum absolute atomic E-state index is 11.2. The molecule has 1 saturated heterocycles. The largest absolute Gasteiger partial charge is 0.480 e. The fraction of sp³-hybridized carbons (Fsp3) is 0.923. The van der Waals surface area contributed by atoms with E-state index >= 15 is 0 Å². The highest BCUT2D eigenvalue weighted by Gasteiger charge is 2.31. The molecule has 0 aliphatic carbocycles. The van der Waals surface area contributed by atoms with Crippen molar-refractivity contribution in [1.29, 1.82) is 0 Å². The van der Waals surface area contributed by atoms with Crippen molar-refractivity contribution >= 4 is 5.97 Å². The minimum atomic E-state index is -0.656. The molecule has 4 nitrogen and oxygen atoms in total. The van der Waals surface area contributed by atoms with Gasteiger partial charge in [-0.1, -0.05) is 20.8 Å². The number of aliphatic carboxylic acids is 1. The Kier molecular flexibility index (Phi) is 5.92. The number of piperidine rings is 1. The molecule has 0 aromatic rings. The number of carboxylic acids is 1. The summed E-state index contributed by atoms with van der Waals surface area (Å²) in [6, 6.07) is -0.269. The fourth-order valence-corrected chi connectivity index (χ4v) is 2.52. The summed E-state index contributed by atoms with van der Waals surface area (Å²) < 4.78 is 0. The molecule has 0 saturated carbocycles. The second-order valence-electron chi connectivity index (χ2n) is 5.05. The van der Waals surface area contributed by atoms with Crippen LogP contribution in [0.1, 0.15) is 33.6 Å². The van der Waals surface area contributed by atoms with Gasteiger partial charge in [0.2, 0.25) is 0 Å². The molecule has 17 heavy (non-hydrogen) atoms. The SMILES string of the molecule is CCN(CC)CCN1CCC(C)CC1C(=O)O. The Morgan fingerprint density at radius 2 is 2.06 bits per heavy atom. The average Bonchev–Trinajstić information content (AvgIpc) is 2.31. The topological polar surface area (TPSA) is 43.8 Å². The Labute approximate surface area is 105 Å². The standard InChI is InChI=1S/C13H26N2O2/c1-4-14(5-2)8-9-15-7-6-11(3)10-12(15)13(16)17/h11-12H,4-10H2,1-3H3,(H,16,17). The minimum absolute atomic E-state index is 0.269. The van der Waals surface area contributed by atoms with Gasteiger partial charge in [0.15, 0.2) is 0 Å². The molecule has 1 aliphatic heterocycles.